The lowest BCUT2D eigenvalue weighted by Gasteiger charge is -2.10. The highest BCUT2D eigenvalue weighted by Gasteiger charge is 2.07. The predicted octanol–water partition coefficient (Wildman–Crippen LogP) is 4.14. The van der Waals surface area contributed by atoms with Crippen LogP contribution in [0, 0.1) is 0 Å². The number of rotatable bonds is 6. The van der Waals surface area contributed by atoms with Gasteiger partial charge in [0, 0.05) is 0 Å². The Balaban J connectivity index is 2.14. The van der Waals surface area contributed by atoms with Gasteiger partial charge < -0.3 is 9.47 Å². The maximum Gasteiger partial charge on any atom is 0.181 e. The molecular formula is C14H14O3S. The first-order valence-electron chi connectivity index (χ1n) is 5.78. The lowest BCUT2D eigenvalue weighted by molar-refractivity contribution is 0.112. The molecule has 0 aliphatic rings. The van der Waals surface area contributed by atoms with Gasteiger partial charge in [-0.3, -0.25) is 4.79 Å². The van der Waals surface area contributed by atoms with Gasteiger partial charge in [-0.1, -0.05) is 30.4 Å². The van der Waals surface area contributed by atoms with Crippen molar-refractivity contribution in [2.24, 2.45) is 0 Å². The van der Waals surface area contributed by atoms with Crippen LogP contribution in [0.1, 0.15) is 23.0 Å². The van der Waals surface area contributed by atoms with E-state index in [0.717, 1.165) is 18.5 Å². The number of hydrogen-bond acceptors (Lipinski definition) is 4. The normalized spacial score (nSPS) is 10.1. The van der Waals surface area contributed by atoms with Gasteiger partial charge in [-0.25, -0.2) is 0 Å². The molecule has 0 unspecified atom stereocenters. The summed E-state index contributed by atoms with van der Waals surface area (Å²) in [5.41, 5.74) is 0. The zero-order chi connectivity index (χ0) is 12.8. The van der Waals surface area contributed by atoms with Gasteiger partial charge >= 0.3 is 0 Å². The largest absolute Gasteiger partial charge is 0.490 e. The number of thiophene rings is 1. The van der Waals surface area contributed by atoms with Gasteiger partial charge in [-0.2, -0.15) is 0 Å². The fourth-order valence-corrected chi connectivity index (χ4v) is 2.11. The number of ether oxygens (including phenoxy) is 2. The minimum absolute atomic E-state index is 0.650. The summed E-state index contributed by atoms with van der Waals surface area (Å²) in [6.45, 7) is 2.71. The van der Waals surface area contributed by atoms with Crippen molar-refractivity contribution < 1.29 is 14.3 Å². The minimum atomic E-state index is 0.650. The smallest absolute Gasteiger partial charge is 0.181 e. The second kappa shape index (κ2) is 6.21. The van der Waals surface area contributed by atoms with Crippen molar-refractivity contribution in [1.82, 2.24) is 0 Å². The molecule has 0 atom stereocenters. The van der Waals surface area contributed by atoms with Crippen molar-refractivity contribution in [2.45, 2.75) is 13.3 Å². The molecule has 0 amide bonds. The van der Waals surface area contributed by atoms with Crippen molar-refractivity contribution >= 4 is 17.6 Å². The topological polar surface area (TPSA) is 35.5 Å². The van der Waals surface area contributed by atoms with Crippen LogP contribution in [0.2, 0.25) is 0 Å². The summed E-state index contributed by atoms with van der Waals surface area (Å²) in [4.78, 5) is 11.3. The highest BCUT2D eigenvalue weighted by atomic mass is 32.1. The third-order valence-electron chi connectivity index (χ3n) is 2.24. The summed E-state index contributed by atoms with van der Waals surface area (Å²) in [5.74, 6) is 1.39. The van der Waals surface area contributed by atoms with Crippen molar-refractivity contribution in [3.05, 3.63) is 41.3 Å². The first kappa shape index (κ1) is 12.6. The molecule has 0 bridgehead atoms. The Labute approximate surface area is 110 Å². The molecule has 0 saturated heterocycles. The first-order valence-corrected chi connectivity index (χ1v) is 6.60. The van der Waals surface area contributed by atoms with Crippen LogP contribution in [0.5, 0.6) is 16.6 Å². The van der Waals surface area contributed by atoms with Gasteiger partial charge in [0.25, 0.3) is 0 Å². The first-order chi connectivity index (χ1) is 8.83. The summed E-state index contributed by atoms with van der Waals surface area (Å²) < 4.78 is 11.3. The Morgan fingerprint density at radius 1 is 1.17 bits per heavy atom. The molecule has 1 aromatic carbocycles. The van der Waals surface area contributed by atoms with Crippen molar-refractivity contribution in [3.63, 3.8) is 0 Å². The third-order valence-corrected chi connectivity index (χ3v) is 3.13. The van der Waals surface area contributed by atoms with Gasteiger partial charge in [0.15, 0.2) is 22.8 Å². The second-order valence-corrected chi connectivity index (χ2v) is 4.75. The number of benzene rings is 1. The maximum absolute atomic E-state index is 10.6. The summed E-state index contributed by atoms with van der Waals surface area (Å²) in [6.07, 6.45) is 1.76. The van der Waals surface area contributed by atoms with Crippen molar-refractivity contribution in [1.29, 1.82) is 0 Å². The van der Waals surface area contributed by atoms with Crippen LogP contribution in [0.3, 0.4) is 0 Å². The van der Waals surface area contributed by atoms with Gasteiger partial charge in [0.05, 0.1) is 11.5 Å². The Hall–Kier alpha value is -1.81. The van der Waals surface area contributed by atoms with Crippen LogP contribution in [-0.2, 0) is 0 Å². The van der Waals surface area contributed by atoms with E-state index in [1.165, 1.54) is 11.3 Å². The molecule has 0 radical (unpaired) electrons. The number of carbonyl (C=O) groups excluding carboxylic acids is 1. The second-order valence-electron chi connectivity index (χ2n) is 3.67. The highest BCUT2D eigenvalue weighted by Crippen LogP contribution is 2.34. The minimum Gasteiger partial charge on any atom is -0.490 e. The molecule has 18 heavy (non-hydrogen) atoms. The summed E-state index contributed by atoms with van der Waals surface area (Å²) in [5, 5.41) is 0.685. The summed E-state index contributed by atoms with van der Waals surface area (Å²) in [7, 11) is 0. The molecule has 3 nitrogen and oxygen atoms in total. The number of aldehydes is 1. The quantitative estimate of drug-likeness (QED) is 0.734. The van der Waals surface area contributed by atoms with E-state index < -0.39 is 0 Å². The van der Waals surface area contributed by atoms with Crippen molar-refractivity contribution in [2.75, 3.05) is 6.61 Å². The van der Waals surface area contributed by atoms with E-state index in [4.69, 9.17) is 9.47 Å². The molecule has 0 N–H and O–H groups in total. The Kier molecular flexibility index (Phi) is 4.36. The fourth-order valence-electron chi connectivity index (χ4n) is 1.43. The molecule has 1 aromatic heterocycles. The molecule has 2 aromatic rings. The lowest BCUT2D eigenvalue weighted by atomic mass is 10.3. The van der Waals surface area contributed by atoms with E-state index in [-0.39, 0.29) is 0 Å². The fraction of sp³-hybridized carbons (Fsp3) is 0.214. The molecule has 2 rings (SSSR count). The molecule has 0 saturated carbocycles. The van der Waals surface area contributed by atoms with Crippen molar-refractivity contribution in [3.8, 4) is 16.6 Å². The Bertz CT molecular complexity index is 519. The van der Waals surface area contributed by atoms with Crippen LogP contribution in [0.4, 0.5) is 0 Å². The third kappa shape index (κ3) is 3.11. The molecule has 1 heterocycles. The average Bonchev–Trinajstić information content (AvgIpc) is 2.85. The predicted molar refractivity (Wildman–Crippen MR) is 72.0 cm³/mol. The van der Waals surface area contributed by atoms with Crippen LogP contribution < -0.4 is 9.47 Å². The number of carbonyl (C=O) groups is 1. The zero-order valence-corrected chi connectivity index (χ0v) is 10.9. The molecule has 94 valence electrons. The average molecular weight is 262 g/mol. The van der Waals surface area contributed by atoms with E-state index >= 15 is 0 Å². The molecule has 4 heteroatoms. The van der Waals surface area contributed by atoms with Crippen LogP contribution in [0.25, 0.3) is 0 Å². The van der Waals surface area contributed by atoms with E-state index in [0.29, 0.717) is 22.3 Å². The molecule has 0 aliphatic carbocycles. The van der Waals surface area contributed by atoms with Gasteiger partial charge in [0.1, 0.15) is 0 Å². The SMILES string of the molecule is CCCOc1ccccc1Oc1ccc(C=O)s1. The molecular weight excluding hydrogens is 248 g/mol. The van der Waals surface area contributed by atoms with Gasteiger partial charge in [0.2, 0.25) is 0 Å². The molecule has 0 fully saturated rings. The molecule has 0 spiro atoms. The van der Waals surface area contributed by atoms with E-state index in [2.05, 4.69) is 6.92 Å². The van der Waals surface area contributed by atoms with Crippen LogP contribution in [0.15, 0.2) is 36.4 Å². The maximum atomic E-state index is 10.6. The van der Waals surface area contributed by atoms with E-state index in [1.807, 2.05) is 24.3 Å². The van der Waals surface area contributed by atoms with E-state index in [9.17, 15) is 4.79 Å². The van der Waals surface area contributed by atoms with E-state index in [1.54, 1.807) is 12.1 Å². The summed E-state index contributed by atoms with van der Waals surface area (Å²) >= 11 is 1.31. The number of hydrogen-bond donors (Lipinski definition) is 0. The monoisotopic (exact) mass is 262 g/mol. The van der Waals surface area contributed by atoms with Gasteiger partial charge in [-0.05, 0) is 30.7 Å². The molecule has 0 aliphatic heterocycles. The zero-order valence-electron chi connectivity index (χ0n) is 10.1. The summed E-state index contributed by atoms with van der Waals surface area (Å²) in [6, 6.07) is 11.0. The van der Waals surface area contributed by atoms with Crippen LogP contribution in [-0.4, -0.2) is 12.9 Å². The standard InChI is InChI=1S/C14H14O3S/c1-2-9-16-12-5-3-4-6-13(12)17-14-8-7-11(10-15)18-14/h3-8,10H,2,9H2,1H3. The Morgan fingerprint density at radius 2 is 1.94 bits per heavy atom. The highest BCUT2D eigenvalue weighted by molar-refractivity contribution is 7.15. The number of para-hydroxylation sites is 2. The Morgan fingerprint density at radius 3 is 2.61 bits per heavy atom. The lowest BCUT2D eigenvalue weighted by Crippen LogP contribution is -1.96. The van der Waals surface area contributed by atoms with Crippen LogP contribution >= 0.6 is 11.3 Å². The van der Waals surface area contributed by atoms with Gasteiger partial charge in [-0.15, -0.1) is 0 Å².